The summed E-state index contributed by atoms with van der Waals surface area (Å²) in [4.78, 5) is 14.5. The van der Waals surface area contributed by atoms with Crippen molar-refractivity contribution in [3.63, 3.8) is 0 Å². The zero-order valence-corrected chi connectivity index (χ0v) is 16.3. The number of nitrogens with zero attached hydrogens (tertiary/aromatic N) is 3. The van der Waals surface area contributed by atoms with E-state index < -0.39 is 0 Å². The molecule has 0 saturated carbocycles. The summed E-state index contributed by atoms with van der Waals surface area (Å²) in [6.07, 6.45) is 1.73. The van der Waals surface area contributed by atoms with Gasteiger partial charge in [-0.25, -0.2) is 0 Å². The highest BCUT2D eigenvalue weighted by molar-refractivity contribution is 5.94. The van der Waals surface area contributed by atoms with E-state index in [1.165, 1.54) is 5.56 Å². The van der Waals surface area contributed by atoms with E-state index in [1.807, 2.05) is 56.4 Å². The van der Waals surface area contributed by atoms with Gasteiger partial charge in [0.25, 0.3) is 5.91 Å². The van der Waals surface area contributed by atoms with Crippen molar-refractivity contribution < 1.29 is 9.53 Å². The lowest BCUT2D eigenvalue weighted by Crippen LogP contribution is -2.27. The molecule has 3 rings (SSSR count). The number of carbonyl (C=O) groups excluding carboxylic acids is 1. The van der Waals surface area contributed by atoms with Crippen LogP contribution in [0, 0.1) is 13.8 Å². The van der Waals surface area contributed by atoms with Crippen molar-refractivity contribution in [3.8, 4) is 5.75 Å². The van der Waals surface area contributed by atoms with Crippen LogP contribution in [-0.2, 0) is 20.2 Å². The SMILES string of the molecule is Cc1ccc(OCc2cccc(C(=O)N(C)Cc3ccnn3C)c2)c(C)c1. The molecule has 5 nitrogen and oxygen atoms in total. The summed E-state index contributed by atoms with van der Waals surface area (Å²) in [5.41, 5.74) is 4.93. The van der Waals surface area contributed by atoms with Crippen LogP contribution in [0.4, 0.5) is 0 Å². The fourth-order valence-corrected chi connectivity index (χ4v) is 3.01. The molecule has 1 amide bonds. The minimum atomic E-state index is -0.0235. The summed E-state index contributed by atoms with van der Waals surface area (Å²) in [5, 5.41) is 4.14. The molecule has 27 heavy (non-hydrogen) atoms. The van der Waals surface area contributed by atoms with Crippen molar-refractivity contribution in [1.29, 1.82) is 0 Å². The van der Waals surface area contributed by atoms with Gasteiger partial charge in [0.2, 0.25) is 0 Å². The fraction of sp³-hybridized carbons (Fsp3) is 0.273. The minimum absolute atomic E-state index is 0.0235. The Morgan fingerprint density at radius 3 is 2.67 bits per heavy atom. The lowest BCUT2D eigenvalue weighted by Gasteiger charge is -2.18. The first-order valence-electron chi connectivity index (χ1n) is 8.95. The third-order valence-electron chi connectivity index (χ3n) is 4.57. The maximum atomic E-state index is 12.8. The standard InChI is InChI=1S/C22H25N3O2/c1-16-8-9-21(17(2)12-16)27-15-18-6-5-7-19(13-18)22(26)24(3)14-20-10-11-23-25(20)4/h5-13H,14-15H2,1-4H3. The Balaban J connectivity index is 1.67. The predicted octanol–water partition coefficient (Wildman–Crippen LogP) is 3.89. The first-order valence-corrected chi connectivity index (χ1v) is 8.95. The molecule has 0 aliphatic heterocycles. The molecule has 0 saturated heterocycles. The Hall–Kier alpha value is -3.08. The van der Waals surface area contributed by atoms with Crippen LogP contribution in [0.15, 0.2) is 54.7 Å². The number of ether oxygens (including phenoxy) is 1. The van der Waals surface area contributed by atoms with E-state index >= 15 is 0 Å². The Kier molecular flexibility index (Phi) is 5.60. The summed E-state index contributed by atoms with van der Waals surface area (Å²) < 4.78 is 7.71. The van der Waals surface area contributed by atoms with Crippen molar-refractivity contribution in [2.75, 3.05) is 7.05 Å². The summed E-state index contributed by atoms with van der Waals surface area (Å²) >= 11 is 0. The van der Waals surface area contributed by atoms with Gasteiger partial charge in [0, 0.05) is 25.9 Å². The lowest BCUT2D eigenvalue weighted by atomic mass is 10.1. The molecule has 0 bridgehead atoms. The third kappa shape index (κ3) is 4.56. The molecular formula is C22H25N3O2. The van der Waals surface area contributed by atoms with Crippen molar-refractivity contribution >= 4 is 5.91 Å². The highest BCUT2D eigenvalue weighted by Crippen LogP contribution is 2.20. The van der Waals surface area contributed by atoms with Crippen LogP contribution in [-0.4, -0.2) is 27.6 Å². The number of aryl methyl sites for hydroxylation is 3. The monoisotopic (exact) mass is 363 g/mol. The molecule has 5 heteroatoms. The molecule has 140 valence electrons. The van der Waals surface area contributed by atoms with Crippen molar-refractivity contribution in [3.05, 3.63) is 82.7 Å². The van der Waals surface area contributed by atoms with E-state index in [9.17, 15) is 4.79 Å². The quantitative estimate of drug-likeness (QED) is 0.668. The minimum Gasteiger partial charge on any atom is -0.489 e. The summed E-state index contributed by atoms with van der Waals surface area (Å²) in [5.74, 6) is 0.843. The third-order valence-corrected chi connectivity index (χ3v) is 4.57. The lowest BCUT2D eigenvalue weighted by molar-refractivity contribution is 0.0782. The first-order chi connectivity index (χ1) is 12.9. The number of hydrogen-bond acceptors (Lipinski definition) is 3. The number of carbonyl (C=O) groups is 1. The van der Waals surface area contributed by atoms with E-state index in [0.717, 1.165) is 22.6 Å². The van der Waals surface area contributed by atoms with Gasteiger partial charge in [-0.2, -0.15) is 5.10 Å². The number of rotatable bonds is 6. The van der Waals surface area contributed by atoms with E-state index in [4.69, 9.17) is 4.74 Å². The molecule has 0 N–H and O–H groups in total. The maximum absolute atomic E-state index is 12.8. The summed E-state index contributed by atoms with van der Waals surface area (Å²) in [6, 6.07) is 15.6. The van der Waals surface area contributed by atoms with Crippen LogP contribution in [0.3, 0.4) is 0 Å². The van der Waals surface area contributed by atoms with Crippen molar-refractivity contribution in [2.45, 2.75) is 27.0 Å². The van der Waals surface area contributed by atoms with Gasteiger partial charge in [-0.1, -0.05) is 29.8 Å². The number of amides is 1. The van der Waals surface area contributed by atoms with Crippen LogP contribution in [0.5, 0.6) is 5.75 Å². The Labute approximate surface area is 160 Å². The van der Waals surface area contributed by atoms with Crippen molar-refractivity contribution in [2.24, 2.45) is 7.05 Å². The number of hydrogen-bond donors (Lipinski definition) is 0. The van der Waals surface area contributed by atoms with E-state index in [2.05, 4.69) is 18.1 Å². The molecule has 0 aliphatic carbocycles. The number of benzene rings is 2. The zero-order valence-electron chi connectivity index (χ0n) is 16.3. The van der Waals surface area contributed by atoms with Crippen LogP contribution < -0.4 is 4.74 Å². The average molecular weight is 363 g/mol. The molecule has 0 atom stereocenters. The average Bonchev–Trinajstić information content (AvgIpc) is 3.05. The molecule has 0 unspecified atom stereocenters. The van der Waals surface area contributed by atoms with Crippen LogP contribution in [0.2, 0.25) is 0 Å². The highest BCUT2D eigenvalue weighted by Gasteiger charge is 2.14. The van der Waals surface area contributed by atoms with E-state index in [-0.39, 0.29) is 5.91 Å². The van der Waals surface area contributed by atoms with Gasteiger partial charge in [0.05, 0.1) is 12.2 Å². The zero-order chi connectivity index (χ0) is 19.4. The van der Waals surface area contributed by atoms with E-state index in [1.54, 1.807) is 22.8 Å². The van der Waals surface area contributed by atoms with Gasteiger partial charge >= 0.3 is 0 Å². The molecule has 1 aromatic heterocycles. The van der Waals surface area contributed by atoms with Gasteiger partial charge in [-0.3, -0.25) is 9.48 Å². The Bertz CT molecular complexity index is 946. The molecule has 0 radical (unpaired) electrons. The summed E-state index contributed by atoms with van der Waals surface area (Å²) in [6.45, 7) is 5.04. The normalized spacial score (nSPS) is 10.7. The smallest absolute Gasteiger partial charge is 0.253 e. The second-order valence-corrected chi connectivity index (χ2v) is 6.87. The molecule has 2 aromatic carbocycles. The molecule has 0 aliphatic rings. The van der Waals surface area contributed by atoms with Gasteiger partial charge in [0.1, 0.15) is 12.4 Å². The fourth-order valence-electron chi connectivity index (χ4n) is 3.01. The largest absolute Gasteiger partial charge is 0.489 e. The van der Waals surface area contributed by atoms with Crippen LogP contribution >= 0.6 is 0 Å². The first kappa shape index (κ1) is 18.7. The molecule has 0 fully saturated rings. The second-order valence-electron chi connectivity index (χ2n) is 6.87. The number of aromatic nitrogens is 2. The van der Waals surface area contributed by atoms with E-state index in [0.29, 0.717) is 18.7 Å². The summed E-state index contributed by atoms with van der Waals surface area (Å²) in [7, 11) is 3.67. The molecule has 0 spiro atoms. The topological polar surface area (TPSA) is 47.4 Å². The maximum Gasteiger partial charge on any atom is 0.253 e. The molecule has 3 aromatic rings. The highest BCUT2D eigenvalue weighted by atomic mass is 16.5. The van der Waals surface area contributed by atoms with Crippen LogP contribution in [0.25, 0.3) is 0 Å². The van der Waals surface area contributed by atoms with Crippen LogP contribution in [0.1, 0.15) is 32.7 Å². The second kappa shape index (κ2) is 8.08. The van der Waals surface area contributed by atoms with Gasteiger partial charge in [-0.15, -0.1) is 0 Å². The van der Waals surface area contributed by atoms with Crippen molar-refractivity contribution in [1.82, 2.24) is 14.7 Å². The predicted molar refractivity (Wildman–Crippen MR) is 106 cm³/mol. The van der Waals surface area contributed by atoms with Gasteiger partial charge in [0.15, 0.2) is 0 Å². The molecular weight excluding hydrogens is 338 g/mol. The Morgan fingerprint density at radius 1 is 1.15 bits per heavy atom. The van der Waals surface area contributed by atoms with Gasteiger partial charge in [-0.05, 0) is 49.2 Å². The van der Waals surface area contributed by atoms with Gasteiger partial charge < -0.3 is 9.64 Å². The Morgan fingerprint density at radius 2 is 1.96 bits per heavy atom. The molecule has 1 heterocycles.